The molecule has 23 rings (SSSR count). The van der Waals surface area contributed by atoms with Gasteiger partial charge in [-0.05, 0) is 292 Å². The second kappa shape index (κ2) is 45.6. The summed E-state index contributed by atoms with van der Waals surface area (Å²) in [4.78, 5) is 110. The molecular weight excluding hydrogens is 1900 g/mol. The number of thiophene rings is 1. The average Bonchev–Trinajstić information content (AvgIpc) is 1.64. The molecule has 5 aliphatic rings. The Bertz CT molecular complexity index is 7420. The second-order valence-corrected chi connectivity index (χ2v) is 39.4. The van der Waals surface area contributed by atoms with Gasteiger partial charge >= 0.3 is 0 Å². The van der Waals surface area contributed by atoms with Crippen LogP contribution in [0.15, 0.2) is 484 Å². The monoisotopic (exact) mass is 1980 g/mol. The van der Waals surface area contributed by atoms with E-state index in [9.17, 15) is 24.0 Å². The fourth-order valence-electron chi connectivity index (χ4n) is 15.0. The minimum absolute atomic E-state index is 0.0399. The predicted molar refractivity (Wildman–Crippen MR) is 598 cm³/mol. The molecule has 5 aliphatic heterocycles. The van der Waals surface area contributed by atoms with Gasteiger partial charge in [-0.2, -0.15) is 0 Å². The lowest BCUT2D eigenvalue weighted by Crippen LogP contribution is -2.28. The standard InChI is InChI=1S/C24H16N2OS2.2C23H15N3OS2.2C23H18N2OS/c27-23-22(16-17-11-12-21-18(15-17)13-14-28-21)29-24(25-19-7-3-1-4-8-19)26(23)20-9-5-2-6-10-20;27-22-21(14-16-11-12-20-19(13-16)24-15-28-20)29-23(25-17-7-3-1-4-8-17)26(22)18-9-5-2-6-10-18;27-22-21(14-16-11-12-19-20(13-16)28-15-24-19)29-23(25-17-7-3-1-4-8-17)26(22)18-9-5-2-6-10-18;1-17-12-14-19(15-13-17)24-23-25(20-10-6-3-7-11-20)22(26)21(27-23)16-18-8-4-2-5-9-18;26-22-21(16-18-10-4-1-5-11-18)27-23(24-17-19-12-6-2-7-13-19)25(22)20-14-8-3-9-15-20/h1-16H;2*1-15H;2-16H,1H3;1-16H,17H2/b22-16-,25-24?;2*21-14-,25-23?;2*21-16-,24-23?. The molecule has 18 aromatic rings. The molecule has 0 aliphatic carbocycles. The van der Waals surface area contributed by atoms with E-state index in [2.05, 4.69) is 45.7 Å². The van der Waals surface area contributed by atoms with Crippen LogP contribution in [0.3, 0.4) is 0 Å². The zero-order valence-corrected chi connectivity index (χ0v) is 81.9. The first-order chi connectivity index (χ1) is 69.3. The van der Waals surface area contributed by atoms with E-state index in [1.165, 1.54) is 74.5 Å². The number of thioether (sulfide) groups is 5. The number of hydrogen-bond acceptors (Lipinski definition) is 20. The zero-order chi connectivity index (χ0) is 96.0. The smallest absolute Gasteiger partial charge is 0.268 e. The summed E-state index contributed by atoms with van der Waals surface area (Å²) in [6, 6.07) is 136. The Balaban J connectivity index is 0.000000112. The highest BCUT2D eigenvalue weighted by Crippen LogP contribution is 2.44. The Morgan fingerprint density at radius 1 is 0.255 bits per heavy atom. The van der Waals surface area contributed by atoms with Crippen molar-refractivity contribution >= 4 is 260 Å². The van der Waals surface area contributed by atoms with Crippen LogP contribution in [-0.4, -0.2) is 65.3 Å². The van der Waals surface area contributed by atoms with Crippen LogP contribution < -0.4 is 24.5 Å². The van der Waals surface area contributed by atoms with Crippen LogP contribution in [0.4, 0.5) is 51.2 Å². The molecule has 0 unspecified atom stereocenters. The molecule has 17 nitrogen and oxygen atoms in total. The van der Waals surface area contributed by atoms with Gasteiger partial charge in [0.1, 0.15) is 0 Å². The lowest BCUT2D eigenvalue weighted by molar-refractivity contribution is -0.114. The van der Waals surface area contributed by atoms with Gasteiger partial charge in [-0.15, -0.1) is 34.0 Å². The van der Waals surface area contributed by atoms with Gasteiger partial charge in [-0.25, -0.2) is 29.9 Å². The maximum atomic E-state index is 13.3. The van der Waals surface area contributed by atoms with Gasteiger partial charge in [-0.3, -0.25) is 53.5 Å². The van der Waals surface area contributed by atoms with E-state index in [4.69, 9.17) is 25.0 Å². The summed E-state index contributed by atoms with van der Waals surface area (Å²) in [7, 11) is 0. The van der Waals surface area contributed by atoms with Crippen LogP contribution in [0, 0.1) is 6.92 Å². The lowest BCUT2D eigenvalue weighted by Gasteiger charge is -2.15. The summed E-state index contributed by atoms with van der Waals surface area (Å²) in [5.41, 5.74) is 20.2. The van der Waals surface area contributed by atoms with Gasteiger partial charge in [0.25, 0.3) is 29.5 Å². The average molecular weight is 1980 g/mol. The van der Waals surface area contributed by atoms with E-state index in [1.54, 1.807) is 58.5 Å². The van der Waals surface area contributed by atoms with Gasteiger partial charge in [0.2, 0.25) is 0 Å². The number of thiazole rings is 2. The number of amides is 5. The highest BCUT2D eigenvalue weighted by molar-refractivity contribution is 8.20. The molecule has 5 saturated heterocycles. The highest BCUT2D eigenvalue weighted by atomic mass is 32.2. The van der Waals surface area contributed by atoms with E-state index < -0.39 is 0 Å². The number of carbonyl (C=O) groups is 5. The van der Waals surface area contributed by atoms with E-state index in [1.807, 2.05) is 437 Å². The van der Waals surface area contributed by atoms with Gasteiger partial charge in [0.05, 0.1) is 114 Å². The minimum Gasteiger partial charge on any atom is -0.268 e. The molecule has 0 N–H and O–H groups in total. The van der Waals surface area contributed by atoms with Crippen LogP contribution >= 0.6 is 92.8 Å². The molecule has 5 fully saturated rings. The third-order valence-corrected chi connectivity index (χ3v) is 29.2. The van der Waals surface area contributed by atoms with Crippen molar-refractivity contribution in [2.45, 2.75) is 13.5 Å². The number of benzene rings is 15. The third-order valence-electron chi connectivity index (χ3n) is 21.8. The van der Waals surface area contributed by atoms with Crippen molar-refractivity contribution in [2.24, 2.45) is 25.0 Å². The Morgan fingerprint density at radius 3 is 0.943 bits per heavy atom. The number of para-hydroxylation sites is 8. The fourth-order valence-corrected chi connectivity index (χ4v) is 22.1. The van der Waals surface area contributed by atoms with E-state index >= 15 is 0 Å². The number of rotatable bonds is 16. The second-order valence-electron chi connectivity index (χ2n) is 31.6. The SMILES string of the molecule is Cc1ccc(N=C2S/C(=C\c3ccccc3)C(=O)N2c2ccccc2)cc1.O=C1/C(=C/c2ccc3ncsc3c2)SC(=Nc2ccccc2)N1c1ccccc1.O=C1/C(=C/c2ccc3sccc3c2)SC(=Nc2ccccc2)N1c1ccccc1.O=C1/C(=C/c2ccc3scnc3c2)SC(=Nc2ccccc2)N1c1ccccc1.O=C1/C(=C/c2ccccc2)SC(=NCc2ccccc2)N1c1ccccc1. The summed E-state index contributed by atoms with van der Waals surface area (Å²) in [5.74, 6) is -0.293. The zero-order valence-electron chi connectivity index (χ0n) is 75.3. The van der Waals surface area contributed by atoms with E-state index in [0.717, 1.165) is 105 Å². The number of amidine groups is 5. The van der Waals surface area contributed by atoms with Crippen molar-refractivity contribution in [3.63, 3.8) is 0 Å². The van der Waals surface area contributed by atoms with Crippen molar-refractivity contribution in [3.8, 4) is 0 Å². The highest BCUT2D eigenvalue weighted by Gasteiger charge is 2.40. The predicted octanol–water partition coefficient (Wildman–Crippen LogP) is 30.1. The molecule has 15 aromatic carbocycles. The molecular formula is C116H82N12O5S8. The number of aliphatic imine (C=N–C) groups is 5. The maximum Gasteiger partial charge on any atom is 0.271 e. The van der Waals surface area contributed by atoms with Crippen LogP contribution in [0.2, 0.25) is 0 Å². The van der Waals surface area contributed by atoms with Crippen molar-refractivity contribution in [2.75, 3.05) is 24.5 Å². The third kappa shape index (κ3) is 23.6. The number of aromatic nitrogens is 2. The van der Waals surface area contributed by atoms with Gasteiger partial charge in [-0.1, -0.05) is 272 Å². The molecule has 3 aromatic heterocycles. The summed E-state index contributed by atoms with van der Waals surface area (Å²) in [6.07, 6.45) is 9.63. The normalized spacial score (nSPS) is 17.0. The van der Waals surface area contributed by atoms with Crippen LogP contribution in [0.25, 0.3) is 60.9 Å². The quantitative estimate of drug-likeness (QED) is 0.0834. The molecule has 5 amide bonds. The molecule has 25 heteroatoms. The van der Waals surface area contributed by atoms with Crippen molar-refractivity contribution in [1.82, 2.24) is 9.97 Å². The summed E-state index contributed by atoms with van der Waals surface area (Å²) >= 11 is 11.9. The Morgan fingerprint density at radius 2 is 0.553 bits per heavy atom. The summed E-state index contributed by atoms with van der Waals surface area (Å²) in [5, 5.41) is 6.60. The van der Waals surface area contributed by atoms with Crippen molar-refractivity contribution in [1.29, 1.82) is 0 Å². The largest absolute Gasteiger partial charge is 0.271 e. The number of fused-ring (bicyclic) bond motifs is 3. The maximum absolute atomic E-state index is 13.3. The molecule has 0 spiro atoms. The number of aryl methyl sites for hydroxylation is 1. The summed E-state index contributed by atoms with van der Waals surface area (Å²) in [6.45, 7) is 2.58. The van der Waals surface area contributed by atoms with E-state index in [-0.39, 0.29) is 29.5 Å². The van der Waals surface area contributed by atoms with Crippen LogP contribution in [-0.2, 0) is 30.5 Å². The summed E-state index contributed by atoms with van der Waals surface area (Å²) < 4.78 is 3.48. The first-order valence-electron chi connectivity index (χ1n) is 44.7. The van der Waals surface area contributed by atoms with Crippen molar-refractivity contribution in [3.05, 3.63) is 498 Å². The lowest BCUT2D eigenvalue weighted by atomic mass is 10.1. The van der Waals surface area contributed by atoms with Crippen molar-refractivity contribution < 1.29 is 24.0 Å². The number of anilines is 5. The van der Waals surface area contributed by atoms with Gasteiger partial charge in [0.15, 0.2) is 25.8 Å². The first kappa shape index (κ1) is 94.2. The topological polar surface area (TPSA) is 189 Å². The number of carbonyl (C=O) groups excluding carboxylic acids is 5. The minimum atomic E-state index is -0.0748. The van der Waals surface area contributed by atoms with E-state index in [0.29, 0.717) is 56.9 Å². The molecule has 0 saturated carbocycles. The van der Waals surface area contributed by atoms with Gasteiger partial charge < -0.3 is 0 Å². The molecule has 0 atom stereocenters. The first-order valence-corrected chi connectivity index (χ1v) is 51.4. The van der Waals surface area contributed by atoms with Gasteiger partial charge in [0, 0.05) is 4.70 Å². The Kier molecular flexibility index (Phi) is 30.5. The molecule has 684 valence electrons. The van der Waals surface area contributed by atoms with Crippen LogP contribution in [0.5, 0.6) is 0 Å². The Hall–Kier alpha value is -15.8. The molecule has 0 bridgehead atoms. The fraction of sp³-hybridized carbons (Fsp3) is 0.0172. The molecule has 141 heavy (non-hydrogen) atoms. The Labute approximate surface area is 848 Å². The molecule has 0 radical (unpaired) electrons. The number of nitrogens with zero attached hydrogens (tertiary/aromatic N) is 12. The van der Waals surface area contributed by atoms with Crippen LogP contribution in [0.1, 0.15) is 38.9 Å². The number of hydrogen-bond donors (Lipinski definition) is 0. The molecule has 8 heterocycles.